The highest BCUT2D eigenvalue weighted by Crippen LogP contribution is 2.40. The molecule has 2 aliphatic heterocycles. The molecule has 0 saturated carbocycles. The van der Waals surface area contributed by atoms with Crippen molar-refractivity contribution in [2.45, 2.75) is 12.1 Å². The molecule has 3 aromatic rings. The molecule has 126 valence electrons. The first-order valence-electron chi connectivity index (χ1n) is 9.05. The van der Waals surface area contributed by atoms with E-state index in [-0.39, 0.29) is 12.1 Å². The van der Waals surface area contributed by atoms with Gasteiger partial charge in [0.15, 0.2) is 0 Å². The molecule has 26 heavy (non-hydrogen) atoms. The number of rotatable bonds is 2. The number of hydrogen-bond donors (Lipinski definition) is 2. The summed E-state index contributed by atoms with van der Waals surface area (Å²) in [6, 6.07) is 17.9. The molecule has 0 bridgehead atoms. The topological polar surface area (TPSA) is 24.1 Å². The standard InChI is InChI=1S/C24H20N2/c1-2-10-18-17(9-1)23(21-13-5-7-15-25-21)19-11-3-4-12-20(19)24(18)22-14-6-8-16-26-22/h1-16,21-22,25-26H. The van der Waals surface area contributed by atoms with Gasteiger partial charge in [0, 0.05) is 0 Å². The summed E-state index contributed by atoms with van der Waals surface area (Å²) in [7, 11) is 0. The number of fused-ring (bicyclic) bond motifs is 2. The molecule has 0 aromatic heterocycles. The molecule has 2 atom stereocenters. The van der Waals surface area contributed by atoms with E-state index in [1.807, 2.05) is 24.6 Å². The average molecular weight is 336 g/mol. The van der Waals surface area contributed by atoms with Crippen molar-refractivity contribution in [1.82, 2.24) is 10.6 Å². The fourth-order valence-corrected chi connectivity index (χ4v) is 4.12. The van der Waals surface area contributed by atoms with Gasteiger partial charge in [-0.25, -0.2) is 0 Å². The molecule has 3 aromatic carbocycles. The van der Waals surface area contributed by atoms with Gasteiger partial charge >= 0.3 is 0 Å². The van der Waals surface area contributed by atoms with E-state index in [9.17, 15) is 0 Å². The maximum atomic E-state index is 3.51. The van der Waals surface area contributed by atoms with E-state index in [1.54, 1.807) is 0 Å². The molecule has 2 nitrogen and oxygen atoms in total. The molecule has 2 aliphatic rings. The minimum atomic E-state index is 0.179. The molecule has 2 heterocycles. The van der Waals surface area contributed by atoms with Crippen LogP contribution in [-0.2, 0) is 0 Å². The highest BCUT2D eigenvalue weighted by molar-refractivity contribution is 6.07. The molecule has 0 fully saturated rings. The Morgan fingerprint density at radius 3 is 1.19 bits per heavy atom. The molecule has 0 amide bonds. The summed E-state index contributed by atoms with van der Waals surface area (Å²) in [5.41, 5.74) is 2.69. The van der Waals surface area contributed by atoms with Crippen LogP contribution in [0.5, 0.6) is 0 Å². The zero-order valence-electron chi connectivity index (χ0n) is 14.4. The lowest BCUT2D eigenvalue weighted by atomic mass is 9.85. The number of nitrogens with one attached hydrogen (secondary N) is 2. The van der Waals surface area contributed by atoms with Gasteiger partial charge in [-0.3, -0.25) is 0 Å². The van der Waals surface area contributed by atoms with Crippen LogP contribution < -0.4 is 10.6 Å². The van der Waals surface area contributed by atoms with Crippen LogP contribution in [0.15, 0.2) is 97.4 Å². The van der Waals surface area contributed by atoms with Crippen molar-refractivity contribution in [1.29, 1.82) is 0 Å². The molecule has 0 saturated heterocycles. The fourth-order valence-electron chi connectivity index (χ4n) is 4.12. The average Bonchev–Trinajstić information content (AvgIpc) is 2.73. The van der Waals surface area contributed by atoms with E-state index in [1.165, 1.54) is 32.7 Å². The normalized spacial score (nSPS) is 21.1. The second-order valence-corrected chi connectivity index (χ2v) is 6.70. The lowest BCUT2D eigenvalue weighted by Crippen LogP contribution is -2.18. The van der Waals surface area contributed by atoms with Crippen molar-refractivity contribution in [3.63, 3.8) is 0 Å². The number of dihydropyridines is 2. The van der Waals surface area contributed by atoms with E-state index in [0.29, 0.717) is 0 Å². The SMILES string of the molecule is C1=CNC(c2c3ccccc3c(C3C=CC=CN3)c3ccccc23)C=C1. The van der Waals surface area contributed by atoms with E-state index < -0.39 is 0 Å². The third-order valence-corrected chi connectivity index (χ3v) is 5.21. The van der Waals surface area contributed by atoms with Crippen LogP contribution in [0.1, 0.15) is 23.2 Å². The molecular formula is C24H20N2. The Hall–Kier alpha value is -3.26. The van der Waals surface area contributed by atoms with Gasteiger partial charge in [0.25, 0.3) is 0 Å². The monoisotopic (exact) mass is 336 g/mol. The first-order valence-corrected chi connectivity index (χ1v) is 9.05. The van der Waals surface area contributed by atoms with Crippen molar-refractivity contribution in [3.05, 3.63) is 109 Å². The van der Waals surface area contributed by atoms with E-state index in [4.69, 9.17) is 0 Å². The van der Waals surface area contributed by atoms with Crippen molar-refractivity contribution in [3.8, 4) is 0 Å². The summed E-state index contributed by atoms with van der Waals surface area (Å²) >= 11 is 0. The lowest BCUT2D eigenvalue weighted by molar-refractivity contribution is 0.750. The molecule has 5 rings (SSSR count). The fraction of sp³-hybridized carbons (Fsp3) is 0.0833. The van der Waals surface area contributed by atoms with Gasteiger partial charge in [-0.2, -0.15) is 0 Å². The van der Waals surface area contributed by atoms with Crippen LogP contribution in [0, 0.1) is 0 Å². The summed E-state index contributed by atoms with van der Waals surface area (Å²) < 4.78 is 0. The summed E-state index contributed by atoms with van der Waals surface area (Å²) in [5.74, 6) is 0. The van der Waals surface area contributed by atoms with Crippen molar-refractivity contribution in [2.75, 3.05) is 0 Å². The second kappa shape index (κ2) is 6.23. The smallest absolute Gasteiger partial charge is 0.0707 e. The minimum Gasteiger partial charge on any atom is -0.381 e. The van der Waals surface area contributed by atoms with E-state index >= 15 is 0 Å². The van der Waals surface area contributed by atoms with Crippen LogP contribution in [0.25, 0.3) is 21.5 Å². The first-order chi connectivity index (χ1) is 12.9. The van der Waals surface area contributed by atoms with Crippen molar-refractivity contribution < 1.29 is 0 Å². The third kappa shape index (κ3) is 2.34. The number of hydrogen-bond acceptors (Lipinski definition) is 2. The van der Waals surface area contributed by atoms with Crippen LogP contribution in [0.3, 0.4) is 0 Å². The highest BCUT2D eigenvalue weighted by atomic mass is 14.9. The van der Waals surface area contributed by atoms with Gasteiger partial charge in [0.05, 0.1) is 12.1 Å². The molecule has 0 spiro atoms. The Bertz CT molecular complexity index is 957. The summed E-state index contributed by atoms with van der Waals surface area (Å²) in [6.45, 7) is 0. The summed E-state index contributed by atoms with van der Waals surface area (Å²) in [6.07, 6.45) is 16.8. The Morgan fingerprint density at radius 2 is 0.885 bits per heavy atom. The largest absolute Gasteiger partial charge is 0.381 e. The molecule has 0 aliphatic carbocycles. The predicted molar refractivity (Wildman–Crippen MR) is 110 cm³/mol. The van der Waals surface area contributed by atoms with Crippen molar-refractivity contribution in [2.24, 2.45) is 0 Å². The van der Waals surface area contributed by atoms with Crippen molar-refractivity contribution >= 4 is 21.5 Å². The maximum Gasteiger partial charge on any atom is 0.0707 e. The third-order valence-electron chi connectivity index (χ3n) is 5.21. The summed E-state index contributed by atoms with van der Waals surface area (Å²) in [5, 5.41) is 12.3. The van der Waals surface area contributed by atoms with Crippen LogP contribution in [0.4, 0.5) is 0 Å². The Morgan fingerprint density at radius 1 is 0.500 bits per heavy atom. The highest BCUT2D eigenvalue weighted by Gasteiger charge is 2.22. The van der Waals surface area contributed by atoms with Gasteiger partial charge in [-0.1, -0.05) is 72.8 Å². The van der Waals surface area contributed by atoms with Gasteiger partial charge in [-0.05, 0) is 57.2 Å². The Labute approximate surface area is 153 Å². The summed E-state index contributed by atoms with van der Waals surface area (Å²) in [4.78, 5) is 0. The van der Waals surface area contributed by atoms with E-state index in [0.717, 1.165) is 0 Å². The zero-order chi connectivity index (χ0) is 17.3. The molecular weight excluding hydrogens is 316 g/mol. The van der Waals surface area contributed by atoms with Gasteiger partial charge < -0.3 is 10.6 Å². The van der Waals surface area contributed by atoms with Gasteiger partial charge in [-0.15, -0.1) is 0 Å². The van der Waals surface area contributed by atoms with E-state index in [2.05, 4.69) is 83.5 Å². The number of allylic oxidation sites excluding steroid dienone is 4. The molecule has 2 heteroatoms. The van der Waals surface area contributed by atoms with Crippen LogP contribution >= 0.6 is 0 Å². The molecule has 2 unspecified atom stereocenters. The van der Waals surface area contributed by atoms with Gasteiger partial charge in [0.1, 0.15) is 0 Å². The maximum absolute atomic E-state index is 3.51. The lowest BCUT2D eigenvalue weighted by Gasteiger charge is -2.26. The molecule has 2 N–H and O–H groups in total. The Kier molecular flexibility index (Phi) is 3.60. The number of benzene rings is 3. The predicted octanol–water partition coefficient (Wildman–Crippen LogP) is 5.42. The second-order valence-electron chi connectivity index (χ2n) is 6.70. The van der Waals surface area contributed by atoms with Crippen LogP contribution in [-0.4, -0.2) is 0 Å². The first kappa shape index (κ1) is 15.0. The quantitative estimate of drug-likeness (QED) is 0.611. The zero-order valence-corrected chi connectivity index (χ0v) is 14.4. The minimum absolute atomic E-state index is 0.179. The molecule has 0 radical (unpaired) electrons. The van der Waals surface area contributed by atoms with Crippen LogP contribution in [0.2, 0.25) is 0 Å². The Balaban J connectivity index is 1.88. The van der Waals surface area contributed by atoms with Gasteiger partial charge in [0.2, 0.25) is 0 Å².